The predicted octanol–water partition coefficient (Wildman–Crippen LogP) is 3.58. The van der Waals surface area contributed by atoms with E-state index in [2.05, 4.69) is 63.5 Å². The van der Waals surface area contributed by atoms with Gasteiger partial charge in [0.05, 0.1) is 27.2 Å². The second-order valence-electron chi connectivity index (χ2n) is 4.98. The molecular formula is C15H24N+. The van der Waals surface area contributed by atoms with Gasteiger partial charge in [-0.05, 0) is 12.0 Å². The Labute approximate surface area is 100.0 Å². The van der Waals surface area contributed by atoms with Crippen molar-refractivity contribution >= 4 is 6.08 Å². The maximum atomic E-state index is 2.31. The SMILES string of the molecule is CCC[N+](C)(C)CCC=Cc1ccccc1. The average molecular weight is 218 g/mol. The van der Waals surface area contributed by atoms with Gasteiger partial charge in [0, 0.05) is 6.42 Å². The summed E-state index contributed by atoms with van der Waals surface area (Å²) >= 11 is 0. The molecule has 0 aliphatic heterocycles. The Balaban J connectivity index is 2.33. The number of hydrogen-bond acceptors (Lipinski definition) is 0. The number of quaternary nitrogens is 1. The Morgan fingerprint density at radius 3 is 2.38 bits per heavy atom. The van der Waals surface area contributed by atoms with Gasteiger partial charge in [0.2, 0.25) is 0 Å². The van der Waals surface area contributed by atoms with Gasteiger partial charge in [0.15, 0.2) is 0 Å². The van der Waals surface area contributed by atoms with Crippen molar-refractivity contribution in [3.8, 4) is 0 Å². The van der Waals surface area contributed by atoms with Gasteiger partial charge in [-0.25, -0.2) is 0 Å². The van der Waals surface area contributed by atoms with Crippen molar-refractivity contribution in [2.45, 2.75) is 19.8 Å². The molecule has 0 spiro atoms. The molecule has 0 aliphatic carbocycles. The smallest absolute Gasteiger partial charge is 0.0817 e. The maximum absolute atomic E-state index is 2.31. The first-order valence-corrected chi connectivity index (χ1v) is 6.17. The van der Waals surface area contributed by atoms with Gasteiger partial charge >= 0.3 is 0 Å². The largest absolute Gasteiger partial charge is 0.328 e. The lowest BCUT2D eigenvalue weighted by Gasteiger charge is -2.28. The maximum Gasteiger partial charge on any atom is 0.0817 e. The monoisotopic (exact) mass is 218 g/mol. The quantitative estimate of drug-likeness (QED) is 0.640. The van der Waals surface area contributed by atoms with E-state index < -0.39 is 0 Å². The fraction of sp³-hybridized carbons (Fsp3) is 0.467. The van der Waals surface area contributed by atoms with E-state index in [1.165, 1.54) is 25.1 Å². The molecule has 88 valence electrons. The molecule has 0 heterocycles. The van der Waals surface area contributed by atoms with Crippen molar-refractivity contribution in [3.63, 3.8) is 0 Å². The zero-order chi connectivity index (χ0) is 11.9. The number of benzene rings is 1. The second kappa shape index (κ2) is 6.49. The lowest BCUT2D eigenvalue weighted by molar-refractivity contribution is -0.889. The van der Waals surface area contributed by atoms with Crippen molar-refractivity contribution in [1.82, 2.24) is 0 Å². The molecule has 0 fully saturated rings. The predicted molar refractivity (Wildman–Crippen MR) is 72.2 cm³/mol. The summed E-state index contributed by atoms with van der Waals surface area (Å²) in [6.45, 7) is 4.73. The summed E-state index contributed by atoms with van der Waals surface area (Å²) in [7, 11) is 4.61. The van der Waals surface area contributed by atoms with E-state index in [9.17, 15) is 0 Å². The van der Waals surface area contributed by atoms with Gasteiger partial charge in [-0.3, -0.25) is 0 Å². The van der Waals surface area contributed by atoms with E-state index in [1.54, 1.807) is 0 Å². The lowest BCUT2D eigenvalue weighted by Crippen LogP contribution is -2.40. The van der Waals surface area contributed by atoms with Gasteiger partial charge in [-0.2, -0.15) is 0 Å². The van der Waals surface area contributed by atoms with Crippen LogP contribution in [0.15, 0.2) is 36.4 Å². The standard InChI is InChI=1S/C15H24N/c1-4-13-16(2,3)14-9-8-12-15-10-6-5-7-11-15/h5-8,10-12H,4,9,13-14H2,1-3H3/q+1. The summed E-state index contributed by atoms with van der Waals surface area (Å²) in [6, 6.07) is 10.5. The summed E-state index contributed by atoms with van der Waals surface area (Å²) < 4.78 is 1.12. The third-order valence-electron chi connectivity index (χ3n) is 2.84. The molecule has 1 aromatic rings. The lowest BCUT2D eigenvalue weighted by atomic mass is 10.2. The van der Waals surface area contributed by atoms with E-state index in [-0.39, 0.29) is 0 Å². The summed E-state index contributed by atoms with van der Waals surface area (Å²) in [5.41, 5.74) is 1.29. The van der Waals surface area contributed by atoms with E-state index in [1.807, 2.05) is 0 Å². The first-order chi connectivity index (χ1) is 7.64. The highest BCUT2D eigenvalue weighted by atomic mass is 15.3. The van der Waals surface area contributed by atoms with Crippen molar-refractivity contribution in [1.29, 1.82) is 0 Å². The van der Waals surface area contributed by atoms with Crippen molar-refractivity contribution in [3.05, 3.63) is 42.0 Å². The molecule has 1 heteroatoms. The van der Waals surface area contributed by atoms with Gasteiger partial charge < -0.3 is 4.48 Å². The highest BCUT2D eigenvalue weighted by molar-refractivity contribution is 5.48. The minimum absolute atomic E-state index is 1.12. The molecule has 0 radical (unpaired) electrons. The zero-order valence-corrected chi connectivity index (χ0v) is 10.8. The Morgan fingerprint density at radius 2 is 1.75 bits per heavy atom. The van der Waals surface area contributed by atoms with Crippen LogP contribution in [0, 0.1) is 0 Å². The van der Waals surface area contributed by atoms with Crippen LogP contribution in [0.5, 0.6) is 0 Å². The molecule has 0 amide bonds. The molecule has 0 saturated carbocycles. The van der Waals surface area contributed by atoms with Crippen LogP contribution in [-0.4, -0.2) is 31.7 Å². The van der Waals surface area contributed by atoms with Gasteiger partial charge in [-0.1, -0.05) is 49.4 Å². The van der Waals surface area contributed by atoms with E-state index >= 15 is 0 Å². The molecule has 16 heavy (non-hydrogen) atoms. The summed E-state index contributed by atoms with van der Waals surface area (Å²) in [5, 5.41) is 0. The second-order valence-corrected chi connectivity index (χ2v) is 4.98. The van der Waals surface area contributed by atoms with Gasteiger partial charge in [0.1, 0.15) is 0 Å². The normalized spacial score (nSPS) is 12.2. The minimum atomic E-state index is 1.12. The van der Waals surface area contributed by atoms with E-state index in [0.717, 1.165) is 10.9 Å². The molecule has 0 saturated heterocycles. The van der Waals surface area contributed by atoms with Gasteiger partial charge in [0.25, 0.3) is 0 Å². The molecular weight excluding hydrogens is 194 g/mol. The Hall–Kier alpha value is -1.08. The Morgan fingerprint density at radius 1 is 1.06 bits per heavy atom. The first kappa shape index (κ1) is 13.0. The van der Waals surface area contributed by atoms with Gasteiger partial charge in [-0.15, -0.1) is 0 Å². The summed E-state index contributed by atoms with van der Waals surface area (Å²) in [4.78, 5) is 0. The van der Waals surface area contributed by atoms with E-state index in [0.29, 0.717) is 0 Å². The molecule has 0 N–H and O–H groups in total. The number of rotatable bonds is 6. The van der Waals surface area contributed by atoms with Crippen LogP contribution in [0.1, 0.15) is 25.3 Å². The first-order valence-electron chi connectivity index (χ1n) is 6.17. The third-order valence-corrected chi connectivity index (χ3v) is 2.84. The number of nitrogens with zero attached hydrogens (tertiary/aromatic N) is 1. The van der Waals surface area contributed by atoms with Crippen LogP contribution >= 0.6 is 0 Å². The van der Waals surface area contributed by atoms with Crippen LogP contribution in [-0.2, 0) is 0 Å². The molecule has 1 nitrogen and oxygen atoms in total. The molecule has 0 bridgehead atoms. The third kappa shape index (κ3) is 5.13. The fourth-order valence-electron chi connectivity index (χ4n) is 1.92. The average Bonchev–Trinajstić information content (AvgIpc) is 2.26. The van der Waals surface area contributed by atoms with Crippen molar-refractivity contribution < 1.29 is 4.48 Å². The highest BCUT2D eigenvalue weighted by Crippen LogP contribution is 2.05. The Kier molecular flexibility index (Phi) is 5.27. The molecule has 0 atom stereocenters. The molecule has 1 rings (SSSR count). The van der Waals surface area contributed by atoms with E-state index in [4.69, 9.17) is 0 Å². The van der Waals surface area contributed by atoms with Crippen LogP contribution in [0.4, 0.5) is 0 Å². The number of hydrogen-bond donors (Lipinski definition) is 0. The fourth-order valence-corrected chi connectivity index (χ4v) is 1.92. The van der Waals surface area contributed by atoms with Crippen LogP contribution in [0.2, 0.25) is 0 Å². The van der Waals surface area contributed by atoms with Crippen LogP contribution in [0.25, 0.3) is 6.08 Å². The molecule has 0 aliphatic rings. The zero-order valence-electron chi connectivity index (χ0n) is 10.8. The van der Waals surface area contributed by atoms with Crippen molar-refractivity contribution in [2.75, 3.05) is 27.2 Å². The van der Waals surface area contributed by atoms with Crippen LogP contribution < -0.4 is 0 Å². The highest BCUT2D eigenvalue weighted by Gasteiger charge is 2.10. The molecule has 1 aromatic carbocycles. The summed E-state index contributed by atoms with van der Waals surface area (Å²) in [6.07, 6.45) is 6.91. The minimum Gasteiger partial charge on any atom is -0.328 e. The summed E-state index contributed by atoms with van der Waals surface area (Å²) in [5.74, 6) is 0. The van der Waals surface area contributed by atoms with Crippen molar-refractivity contribution in [2.24, 2.45) is 0 Å². The topological polar surface area (TPSA) is 0 Å². The van der Waals surface area contributed by atoms with Crippen LogP contribution in [0.3, 0.4) is 0 Å². The molecule has 0 unspecified atom stereocenters. The Bertz CT molecular complexity index is 311. The molecule has 0 aromatic heterocycles.